The summed E-state index contributed by atoms with van der Waals surface area (Å²) in [5.74, 6) is -1.38. The van der Waals surface area contributed by atoms with Gasteiger partial charge in [-0.2, -0.15) is 5.26 Å². The van der Waals surface area contributed by atoms with E-state index in [1.54, 1.807) is 49.5 Å². The summed E-state index contributed by atoms with van der Waals surface area (Å²) < 4.78 is 5.25. The largest absolute Gasteiger partial charge is 0.478 e. The molecule has 0 fully saturated rings. The number of aromatic nitrogens is 1. The first-order valence-corrected chi connectivity index (χ1v) is 9.19. The Labute approximate surface area is 168 Å². The second-order valence-corrected chi connectivity index (χ2v) is 6.56. The van der Waals surface area contributed by atoms with Crippen molar-refractivity contribution in [2.24, 2.45) is 0 Å². The first-order chi connectivity index (χ1) is 14.0. The van der Waals surface area contributed by atoms with Gasteiger partial charge in [0.25, 0.3) is 0 Å². The number of aromatic carboxylic acids is 1. The Morgan fingerprint density at radius 3 is 2.52 bits per heavy atom. The van der Waals surface area contributed by atoms with Crippen LogP contribution in [0, 0.1) is 11.3 Å². The molecule has 0 bridgehead atoms. The SMILES string of the molecule is CCOC(=O)c1c(Cc2ccc(C(=O)O)cc2)c[nH]c1Cc1cccc(C#N)c1. The van der Waals surface area contributed by atoms with Crippen LogP contribution in [0.25, 0.3) is 0 Å². The number of benzene rings is 2. The van der Waals surface area contributed by atoms with Gasteiger partial charge >= 0.3 is 11.9 Å². The Morgan fingerprint density at radius 1 is 1.10 bits per heavy atom. The van der Waals surface area contributed by atoms with Gasteiger partial charge in [-0.15, -0.1) is 0 Å². The highest BCUT2D eigenvalue weighted by atomic mass is 16.5. The fourth-order valence-corrected chi connectivity index (χ4v) is 3.19. The summed E-state index contributed by atoms with van der Waals surface area (Å²) in [6.45, 7) is 2.02. The van der Waals surface area contributed by atoms with E-state index in [2.05, 4.69) is 11.1 Å². The summed E-state index contributed by atoms with van der Waals surface area (Å²) in [5, 5.41) is 18.1. The molecule has 1 heterocycles. The fourth-order valence-electron chi connectivity index (χ4n) is 3.19. The Balaban J connectivity index is 1.91. The minimum atomic E-state index is -0.979. The number of esters is 1. The van der Waals surface area contributed by atoms with Crippen molar-refractivity contribution < 1.29 is 19.4 Å². The Bertz CT molecular complexity index is 1080. The van der Waals surface area contributed by atoms with Gasteiger partial charge in [0, 0.05) is 18.3 Å². The van der Waals surface area contributed by atoms with Gasteiger partial charge in [0.2, 0.25) is 0 Å². The number of ether oxygens (including phenoxy) is 1. The van der Waals surface area contributed by atoms with Crippen LogP contribution < -0.4 is 0 Å². The van der Waals surface area contributed by atoms with Gasteiger partial charge in [-0.1, -0.05) is 24.3 Å². The first-order valence-electron chi connectivity index (χ1n) is 9.19. The van der Waals surface area contributed by atoms with Crippen molar-refractivity contribution in [2.45, 2.75) is 19.8 Å². The molecule has 2 N–H and O–H groups in total. The topological polar surface area (TPSA) is 103 Å². The van der Waals surface area contributed by atoms with Crippen LogP contribution in [0.2, 0.25) is 0 Å². The maximum atomic E-state index is 12.6. The van der Waals surface area contributed by atoms with E-state index in [0.29, 0.717) is 24.0 Å². The van der Waals surface area contributed by atoms with Crippen LogP contribution in [0.15, 0.2) is 54.7 Å². The molecular weight excluding hydrogens is 368 g/mol. The van der Waals surface area contributed by atoms with Crippen LogP contribution in [-0.2, 0) is 17.6 Å². The van der Waals surface area contributed by atoms with Crippen LogP contribution in [0.1, 0.15) is 55.6 Å². The van der Waals surface area contributed by atoms with Crippen molar-refractivity contribution in [1.82, 2.24) is 4.98 Å². The molecular formula is C23H20N2O4. The van der Waals surface area contributed by atoms with E-state index in [1.807, 2.05) is 12.1 Å². The zero-order chi connectivity index (χ0) is 20.8. The lowest BCUT2D eigenvalue weighted by Crippen LogP contribution is -2.10. The van der Waals surface area contributed by atoms with E-state index >= 15 is 0 Å². The maximum Gasteiger partial charge on any atom is 0.340 e. The summed E-state index contributed by atoms with van der Waals surface area (Å²) in [4.78, 5) is 26.8. The highest BCUT2D eigenvalue weighted by Crippen LogP contribution is 2.22. The van der Waals surface area contributed by atoms with Crippen LogP contribution in [-0.4, -0.2) is 28.6 Å². The van der Waals surface area contributed by atoms with Crippen LogP contribution in [0.5, 0.6) is 0 Å². The molecule has 3 rings (SSSR count). The molecule has 6 heteroatoms. The number of carboxylic acid groups (broad SMARTS) is 1. The zero-order valence-corrected chi connectivity index (χ0v) is 15.9. The number of carbonyl (C=O) groups is 2. The van der Waals surface area contributed by atoms with Gasteiger partial charge in [0.1, 0.15) is 0 Å². The molecule has 0 aliphatic heterocycles. The normalized spacial score (nSPS) is 10.3. The molecule has 0 atom stereocenters. The molecule has 0 aliphatic rings. The second-order valence-electron chi connectivity index (χ2n) is 6.56. The van der Waals surface area contributed by atoms with Gasteiger partial charge in [-0.3, -0.25) is 0 Å². The van der Waals surface area contributed by atoms with Gasteiger partial charge in [0.05, 0.1) is 29.4 Å². The number of nitrogens with one attached hydrogen (secondary N) is 1. The Hall–Kier alpha value is -3.85. The van der Waals surface area contributed by atoms with Gasteiger partial charge in [-0.25, -0.2) is 9.59 Å². The van der Waals surface area contributed by atoms with Crippen LogP contribution in [0.4, 0.5) is 0 Å². The Morgan fingerprint density at radius 2 is 1.86 bits per heavy atom. The molecule has 0 saturated heterocycles. The number of rotatable bonds is 7. The second kappa shape index (κ2) is 8.89. The standard InChI is InChI=1S/C23H20N2O4/c1-2-29-23(28)21-19(11-15-6-8-18(9-7-15)22(26)27)14-25-20(21)12-16-4-3-5-17(10-16)13-24/h3-10,14,25H,2,11-12H2,1H3,(H,26,27). The number of H-pyrrole nitrogens is 1. The van der Waals surface area contributed by atoms with E-state index in [-0.39, 0.29) is 12.2 Å². The van der Waals surface area contributed by atoms with Crippen LogP contribution in [0.3, 0.4) is 0 Å². The Kier molecular flexibility index (Phi) is 6.10. The number of aromatic amines is 1. The lowest BCUT2D eigenvalue weighted by atomic mass is 9.99. The number of hydrogen-bond acceptors (Lipinski definition) is 4. The van der Waals surface area contributed by atoms with Gasteiger partial charge < -0.3 is 14.8 Å². The lowest BCUT2D eigenvalue weighted by molar-refractivity contribution is 0.0524. The average molecular weight is 388 g/mol. The van der Waals surface area contributed by atoms with Crippen molar-refractivity contribution in [3.05, 3.63) is 93.8 Å². The number of carboxylic acids is 1. The van der Waals surface area contributed by atoms with Crippen molar-refractivity contribution >= 4 is 11.9 Å². The molecule has 0 unspecified atom stereocenters. The minimum absolute atomic E-state index is 0.214. The highest BCUT2D eigenvalue weighted by molar-refractivity contribution is 5.93. The summed E-state index contributed by atoms with van der Waals surface area (Å²) in [7, 11) is 0. The number of nitriles is 1. The molecule has 0 amide bonds. The van der Waals surface area contributed by atoms with E-state index in [9.17, 15) is 9.59 Å². The number of carbonyl (C=O) groups excluding carboxylic acids is 1. The molecule has 3 aromatic rings. The third-order valence-corrected chi connectivity index (χ3v) is 4.56. The molecule has 146 valence electrons. The van der Waals surface area contributed by atoms with E-state index in [1.165, 1.54) is 0 Å². The maximum absolute atomic E-state index is 12.6. The molecule has 0 aliphatic carbocycles. The van der Waals surface area contributed by atoms with Gasteiger partial charge in [0.15, 0.2) is 0 Å². The molecule has 0 radical (unpaired) electrons. The van der Waals surface area contributed by atoms with Crippen molar-refractivity contribution in [1.29, 1.82) is 5.26 Å². The third-order valence-electron chi connectivity index (χ3n) is 4.56. The fraction of sp³-hybridized carbons (Fsp3) is 0.174. The van der Waals surface area contributed by atoms with Crippen LogP contribution >= 0.6 is 0 Å². The lowest BCUT2D eigenvalue weighted by Gasteiger charge is -2.08. The van der Waals surface area contributed by atoms with Crippen molar-refractivity contribution in [2.75, 3.05) is 6.61 Å². The molecule has 29 heavy (non-hydrogen) atoms. The summed E-state index contributed by atoms with van der Waals surface area (Å²) >= 11 is 0. The van der Waals surface area contributed by atoms with Crippen molar-refractivity contribution in [3.63, 3.8) is 0 Å². The van der Waals surface area contributed by atoms with Crippen molar-refractivity contribution in [3.8, 4) is 6.07 Å². The molecule has 0 saturated carbocycles. The summed E-state index contributed by atoms with van der Waals surface area (Å²) in [6, 6.07) is 15.9. The van der Waals surface area contributed by atoms with E-state index in [4.69, 9.17) is 15.1 Å². The molecule has 0 spiro atoms. The molecule has 1 aromatic heterocycles. The molecule has 2 aromatic carbocycles. The number of hydrogen-bond donors (Lipinski definition) is 2. The smallest absolute Gasteiger partial charge is 0.340 e. The minimum Gasteiger partial charge on any atom is -0.478 e. The number of nitrogens with zero attached hydrogens (tertiary/aromatic N) is 1. The highest BCUT2D eigenvalue weighted by Gasteiger charge is 2.20. The predicted molar refractivity (Wildman–Crippen MR) is 107 cm³/mol. The van der Waals surface area contributed by atoms with E-state index < -0.39 is 11.9 Å². The van der Waals surface area contributed by atoms with Gasteiger partial charge in [-0.05, 0) is 54.3 Å². The molecule has 6 nitrogen and oxygen atoms in total. The monoisotopic (exact) mass is 388 g/mol. The zero-order valence-electron chi connectivity index (χ0n) is 15.9. The van der Waals surface area contributed by atoms with E-state index in [0.717, 1.165) is 22.4 Å². The quantitative estimate of drug-likeness (QED) is 0.597. The summed E-state index contributed by atoms with van der Waals surface area (Å²) in [5.41, 5.74) is 4.55. The first kappa shape index (κ1) is 19.9. The third kappa shape index (κ3) is 4.71. The predicted octanol–water partition coefficient (Wildman–Crippen LogP) is 3.94. The average Bonchev–Trinajstić information content (AvgIpc) is 3.10. The summed E-state index contributed by atoms with van der Waals surface area (Å²) in [6.07, 6.45) is 2.70.